The first-order chi connectivity index (χ1) is 14.0. The normalized spacial score (nSPS) is 11.7. The summed E-state index contributed by atoms with van der Waals surface area (Å²) in [5, 5.41) is 8.12. The number of carbonyl (C=O) groups excluding carboxylic acids is 1. The van der Waals surface area contributed by atoms with Gasteiger partial charge in [0.05, 0.1) is 25.5 Å². The minimum Gasteiger partial charge on any atom is -0.497 e. The van der Waals surface area contributed by atoms with Crippen LogP contribution in [0.3, 0.4) is 0 Å². The van der Waals surface area contributed by atoms with Gasteiger partial charge in [0.25, 0.3) is 11.1 Å². The fraction of sp³-hybridized carbons (Fsp3) is 0.250. The highest BCUT2D eigenvalue weighted by molar-refractivity contribution is 7.99. The van der Waals surface area contributed by atoms with Crippen LogP contribution in [0.1, 0.15) is 29.3 Å². The van der Waals surface area contributed by atoms with Crippen molar-refractivity contribution in [3.63, 3.8) is 0 Å². The molecular weight excluding hydrogens is 399 g/mol. The average Bonchev–Trinajstić information content (AvgIpc) is 3.22. The fourth-order valence-corrected chi connectivity index (χ4v) is 3.10. The third-order valence-corrected chi connectivity index (χ3v) is 4.75. The number of Topliss-reactive ketones (excluding diaryl/α,β-unsaturated/α-hetero) is 1. The number of halogens is 1. The molecule has 152 valence electrons. The van der Waals surface area contributed by atoms with Gasteiger partial charge in [0, 0.05) is 6.07 Å². The number of nitrogens with zero attached hydrogens (tertiary/aromatic N) is 2. The zero-order valence-electron chi connectivity index (χ0n) is 16.0. The Bertz CT molecular complexity index is 977. The predicted molar refractivity (Wildman–Crippen MR) is 104 cm³/mol. The van der Waals surface area contributed by atoms with Crippen molar-refractivity contribution in [2.45, 2.75) is 18.3 Å². The summed E-state index contributed by atoms with van der Waals surface area (Å²) in [7, 11) is 3.03. The van der Waals surface area contributed by atoms with Gasteiger partial charge in [-0.15, -0.1) is 10.2 Å². The van der Waals surface area contributed by atoms with Crippen molar-refractivity contribution >= 4 is 17.5 Å². The van der Waals surface area contributed by atoms with E-state index in [1.165, 1.54) is 31.4 Å². The Morgan fingerprint density at radius 1 is 1.10 bits per heavy atom. The van der Waals surface area contributed by atoms with Crippen LogP contribution >= 0.6 is 11.8 Å². The number of ether oxygens (including phenoxy) is 3. The van der Waals surface area contributed by atoms with Crippen LogP contribution in [-0.4, -0.2) is 36.0 Å². The molecule has 0 radical (unpaired) electrons. The molecule has 7 nitrogen and oxygen atoms in total. The van der Waals surface area contributed by atoms with Crippen molar-refractivity contribution in [2.75, 3.05) is 20.0 Å². The first kappa shape index (κ1) is 20.7. The Kier molecular flexibility index (Phi) is 6.71. The summed E-state index contributed by atoms with van der Waals surface area (Å²) < 4.78 is 34.6. The number of aromatic nitrogens is 2. The van der Waals surface area contributed by atoms with Gasteiger partial charge in [-0.05, 0) is 43.3 Å². The van der Waals surface area contributed by atoms with Gasteiger partial charge < -0.3 is 18.6 Å². The Morgan fingerprint density at radius 2 is 1.83 bits per heavy atom. The molecule has 1 atom stereocenters. The summed E-state index contributed by atoms with van der Waals surface area (Å²) in [6.45, 7) is 1.73. The first-order valence-corrected chi connectivity index (χ1v) is 9.62. The minimum absolute atomic E-state index is 0.0948. The number of benzene rings is 2. The van der Waals surface area contributed by atoms with Crippen LogP contribution in [0.25, 0.3) is 0 Å². The molecule has 29 heavy (non-hydrogen) atoms. The largest absolute Gasteiger partial charge is 0.497 e. The Hall–Kier alpha value is -3.07. The second-order valence-electron chi connectivity index (χ2n) is 5.90. The molecule has 0 fully saturated rings. The van der Waals surface area contributed by atoms with Gasteiger partial charge in [-0.2, -0.15) is 0 Å². The van der Waals surface area contributed by atoms with Crippen molar-refractivity contribution in [2.24, 2.45) is 0 Å². The van der Waals surface area contributed by atoms with Crippen molar-refractivity contribution in [3.05, 3.63) is 59.7 Å². The van der Waals surface area contributed by atoms with Crippen molar-refractivity contribution in [1.29, 1.82) is 0 Å². The molecule has 0 unspecified atom stereocenters. The molecule has 9 heteroatoms. The second kappa shape index (κ2) is 9.42. The number of ketones is 1. The third kappa shape index (κ3) is 5.26. The lowest BCUT2D eigenvalue weighted by Crippen LogP contribution is -2.05. The van der Waals surface area contributed by atoms with E-state index in [1.54, 1.807) is 32.2 Å². The maximum Gasteiger partial charge on any atom is 0.277 e. The lowest BCUT2D eigenvalue weighted by atomic mass is 10.1. The minimum atomic E-state index is -0.528. The molecule has 3 rings (SSSR count). The highest BCUT2D eigenvalue weighted by Crippen LogP contribution is 2.28. The van der Waals surface area contributed by atoms with Gasteiger partial charge in [-0.3, -0.25) is 4.79 Å². The van der Waals surface area contributed by atoms with Gasteiger partial charge in [0.1, 0.15) is 23.1 Å². The standard InChI is InChI=1S/C20H19FN2O5S/c1-12(27-14-6-4-13(21)5-7-14)19-22-23-20(28-19)29-11-17(24)16-9-8-15(25-2)10-18(16)26-3/h4-10,12H,11H2,1-3H3/t12-/m1/s1. The van der Waals surface area contributed by atoms with Gasteiger partial charge >= 0.3 is 0 Å². The average molecular weight is 418 g/mol. The number of methoxy groups -OCH3 is 2. The number of thioether (sulfide) groups is 1. The van der Waals surface area contributed by atoms with E-state index >= 15 is 0 Å². The van der Waals surface area contributed by atoms with Gasteiger partial charge in [0.15, 0.2) is 11.9 Å². The lowest BCUT2D eigenvalue weighted by Gasteiger charge is -2.10. The topological polar surface area (TPSA) is 83.7 Å². The maximum absolute atomic E-state index is 13.0. The van der Waals surface area contributed by atoms with E-state index in [0.717, 1.165) is 11.8 Å². The lowest BCUT2D eigenvalue weighted by molar-refractivity contribution is 0.101. The summed E-state index contributed by atoms with van der Waals surface area (Å²) in [6.07, 6.45) is -0.528. The van der Waals surface area contributed by atoms with E-state index in [9.17, 15) is 9.18 Å². The molecule has 0 spiro atoms. The van der Waals surface area contributed by atoms with Crippen molar-refractivity contribution < 1.29 is 27.8 Å². The van der Waals surface area contributed by atoms with Crippen LogP contribution in [0, 0.1) is 5.82 Å². The zero-order chi connectivity index (χ0) is 20.8. The highest BCUT2D eigenvalue weighted by atomic mass is 32.2. The number of carbonyl (C=O) groups is 1. The summed E-state index contributed by atoms with van der Waals surface area (Å²) >= 11 is 1.12. The van der Waals surface area contributed by atoms with E-state index in [2.05, 4.69) is 10.2 Å². The number of hydrogen-bond acceptors (Lipinski definition) is 8. The van der Waals surface area contributed by atoms with Crippen molar-refractivity contribution in [3.8, 4) is 17.2 Å². The van der Waals surface area contributed by atoms with Gasteiger partial charge in [-0.1, -0.05) is 11.8 Å². The smallest absolute Gasteiger partial charge is 0.277 e. The third-order valence-electron chi connectivity index (χ3n) is 3.93. The molecule has 0 bridgehead atoms. The van der Waals surface area contributed by atoms with Gasteiger partial charge in [0.2, 0.25) is 0 Å². The fourth-order valence-electron chi connectivity index (χ4n) is 2.44. The van der Waals surface area contributed by atoms with Crippen LogP contribution in [0.15, 0.2) is 52.1 Å². The van der Waals surface area contributed by atoms with E-state index in [0.29, 0.717) is 22.8 Å². The molecule has 3 aromatic rings. The molecule has 0 saturated carbocycles. The molecule has 0 saturated heterocycles. The Balaban J connectivity index is 1.60. The Labute approximate surface area is 171 Å². The van der Waals surface area contributed by atoms with E-state index < -0.39 is 6.10 Å². The molecule has 0 N–H and O–H groups in total. The maximum atomic E-state index is 13.0. The van der Waals surface area contributed by atoms with Crippen LogP contribution in [0.2, 0.25) is 0 Å². The van der Waals surface area contributed by atoms with Crippen LogP contribution in [-0.2, 0) is 0 Å². The summed E-state index contributed by atoms with van der Waals surface area (Å²) in [4.78, 5) is 12.5. The Morgan fingerprint density at radius 3 is 2.52 bits per heavy atom. The molecule has 0 amide bonds. The molecule has 1 heterocycles. The molecule has 0 aliphatic rings. The second-order valence-corrected chi connectivity index (χ2v) is 6.82. The SMILES string of the molecule is COc1ccc(C(=O)CSc2nnc([C@@H](C)Oc3ccc(F)cc3)o2)c(OC)c1. The van der Waals surface area contributed by atoms with Gasteiger partial charge in [-0.25, -0.2) is 4.39 Å². The summed E-state index contributed by atoms with van der Waals surface area (Å²) in [5.74, 6) is 1.37. The molecule has 0 aliphatic heterocycles. The quantitative estimate of drug-likeness (QED) is 0.375. The molecule has 1 aromatic heterocycles. The monoisotopic (exact) mass is 418 g/mol. The zero-order valence-corrected chi connectivity index (χ0v) is 16.9. The summed E-state index contributed by atoms with van der Waals surface area (Å²) in [5.41, 5.74) is 0.438. The van der Waals surface area contributed by atoms with Crippen molar-refractivity contribution in [1.82, 2.24) is 10.2 Å². The molecular formula is C20H19FN2O5S. The number of hydrogen-bond donors (Lipinski definition) is 0. The highest BCUT2D eigenvalue weighted by Gasteiger charge is 2.19. The first-order valence-electron chi connectivity index (χ1n) is 8.63. The molecule has 2 aromatic carbocycles. The van der Waals surface area contributed by atoms with E-state index in [1.807, 2.05) is 0 Å². The van der Waals surface area contributed by atoms with Crippen LogP contribution in [0.4, 0.5) is 4.39 Å². The molecule has 0 aliphatic carbocycles. The predicted octanol–water partition coefficient (Wildman–Crippen LogP) is 4.34. The van der Waals surface area contributed by atoms with E-state index in [4.69, 9.17) is 18.6 Å². The van der Waals surface area contributed by atoms with Crippen LogP contribution < -0.4 is 14.2 Å². The van der Waals surface area contributed by atoms with Crippen LogP contribution in [0.5, 0.6) is 17.2 Å². The van der Waals surface area contributed by atoms with E-state index in [-0.39, 0.29) is 28.5 Å². The number of rotatable bonds is 9. The summed E-state index contributed by atoms with van der Waals surface area (Å²) in [6, 6.07) is 10.6.